The molecule has 0 bridgehead atoms. The summed E-state index contributed by atoms with van der Waals surface area (Å²) >= 11 is 0. The van der Waals surface area contributed by atoms with E-state index in [4.69, 9.17) is 5.73 Å². The van der Waals surface area contributed by atoms with Gasteiger partial charge >= 0.3 is 0 Å². The third kappa shape index (κ3) is 1.81. The van der Waals surface area contributed by atoms with E-state index >= 15 is 0 Å². The van der Waals surface area contributed by atoms with Gasteiger partial charge in [-0.25, -0.2) is 0 Å². The van der Waals surface area contributed by atoms with Crippen LogP contribution in [-0.4, -0.2) is 10.2 Å². The molecule has 0 amide bonds. The van der Waals surface area contributed by atoms with Gasteiger partial charge in [0, 0.05) is 5.56 Å². The predicted molar refractivity (Wildman–Crippen MR) is 51.6 cm³/mol. The maximum atomic E-state index is 9.48. The Morgan fingerprint density at radius 2 is 2.00 bits per heavy atom. The highest BCUT2D eigenvalue weighted by Gasteiger charge is 2.10. The molecule has 0 heterocycles. The molecule has 0 aliphatic rings. The van der Waals surface area contributed by atoms with E-state index in [1.165, 1.54) is 18.2 Å². The van der Waals surface area contributed by atoms with Crippen LogP contribution in [0.4, 0.5) is 0 Å². The Bertz CT molecular complexity index is 334. The van der Waals surface area contributed by atoms with Gasteiger partial charge in [0.1, 0.15) is 11.5 Å². The molecule has 0 saturated carbocycles. The van der Waals surface area contributed by atoms with Crippen LogP contribution in [0.1, 0.15) is 17.2 Å². The number of phenolic OH excluding ortho intramolecular Hbond substituents is 2. The van der Waals surface area contributed by atoms with Crippen LogP contribution in [0.3, 0.4) is 0 Å². The Balaban J connectivity index is 3.22. The fourth-order valence-electron chi connectivity index (χ4n) is 1.09. The topological polar surface area (TPSA) is 66.5 Å². The van der Waals surface area contributed by atoms with Gasteiger partial charge in [-0.05, 0) is 24.6 Å². The fourth-order valence-corrected chi connectivity index (χ4v) is 1.09. The van der Waals surface area contributed by atoms with Crippen LogP contribution < -0.4 is 5.73 Å². The van der Waals surface area contributed by atoms with Crippen molar-refractivity contribution in [1.82, 2.24) is 0 Å². The summed E-state index contributed by atoms with van der Waals surface area (Å²) in [5.41, 5.74) is 6.73. The Hall–Kier alpha value is -1.48. The van der Waals surface area contributed by atoms with Crippen molar-refractivity contribution in [3.05, 3.63) is 35.9 Å². The second-order valence-electron chi connectivity index (χ2n) is 2.96. The Morgan fingerprint density at radius 1 is 1.38 bits per heavy atom. The number of hydrogen-bond donors (Lipinski definition) is 3. The molecular weight excluding hydrogens is 166 g/mol. The first kappa shape index (κ1) is 9.61. The molecule has 1 rings (SSSR count). The van der Waals surface area contributed by atoms with Gasteiger partial charge in [0.2, 0.25) is 0 Å². The summed E-state index contributed by atoms with van der Waals surface area (Å²) in [5.74, 6) is 0.216. The highest BCUT2D eigenvalue weighted by atomic mass is 16.3. The van der Waals surface area contributed by atoms with Gasteiger partial charge in [-0.3, -0.25) is 0 Å². The quantitative estimate of drug-likeness (QED) is 0.477. The van der Waals surface area contributed by atoms with Gasteiger partial charge in [0.25, 0.3) is 0 Å². The summed E-state index contributed by atoms with van der Waals surface area (Å²) < 4.78 is 0. The van der Waals surface area contributed by atoms with Gasteiger partial charge < -0.3 is 15.9 Å². The van der Waals surface area contributed by atoms with Gasteiger partial charge in [0.05, 0.1) is 6.04 Å². The van der Waals surface area contributed by atoms with E-state index in [-0.39, 0.29) is 11.5 Å². The largest absolute Gasteiger partial charge is 0.508 e. The van der Waals surface area contributed by atoms with Crippen LogP contribution >= 0.6 is 0 Å². The predicted octanol–water partition coefficient (Wildman–Crippen LogP) is 1.59. The van der Waals surface area contributed by atoms with Crippen molar-refractivity contribution in [1.29, 1.82) is 0 Å². The second-order valence-corrected chi connectivity index (χ2v) is 2.96. The minimum atomic E-state index is -0.452. The molecule has 1 unspecified atom stereocenters. The summed E-state index contributed by atoms with van der Waals surface area (Å²) in [4.78, 5) is 0. The number of rotatable bonds is 2. The molecule has 0 radical (unpaired) electrons. The van der Waals surface area contributed by atoms with Gasteiger partial charge in [-0.2, -0.15) is 0 Å². The van der Waals surface area contributed by atoms with Crippen molar-refractivity contribution in [2.24, 2.45) is 5.73 Å². The zero-order valence-corrected chi connectivity index (χ0v) is 7.49. The summed E-state index contributed by atoms with van der Waals surface area (Å²) in [6, 6.07) is 2.48. The number of phenols is 2. The lowest BCUT2D eigenvalue weighted by molar-refractivity contribution is 0.449. The first-order chi connectivity index (χ1) is 6.06. The van der Waals surface area contributed by atoms with Gasteiger partial charge in [-0.1, -0.05) is 6.08 Å². The van der Waals surface area contributed by atoms with Crippen LogP contribution in [-0.2, 0) is 0 Å². The molecule has 0 saturated heterocycles. The standard InChI is InChI=1S/C10H13NO2/c1-3-8(11)7-5-9(12)6(2)4-10(7)13/h3-5,8,12-13H,1,11H2,2H3. The van der Waals surface area contributed by atoms with Crippen molar-refractivity contribution in [3.8, 4) is 11.5 Å². The summed E-state index contributed by atoms with van der Waals surface area (Å²) in [6.45, 7) is 5.22. The molecular formula is C10H13NO2. The molecule has 70 valence electrons. The first-order valence-electron chi connectivity index (χ1n) is 3.97. The number of benzene rings is 1. The smallest absolute Gasteiger partial charge is 0.121 e. The van der Waals surface area contributed by atoms with Crippen molar-refractivity contribution in [3.63, 3.8) is 0 Å². The van der Waals surface area contributed by atoms with E-state index in [0.717, 1.165) is 0 Å². The molecule has 1 aromatic carbocycles. The van der Waals surface area contributed by atoms with Crippen LogP contribution in [0.2, 0.25) is 0 Å². The first-order valence-corrected chi connectivity index (χ1v) is 3.97. The van der Waals surface area contributed by atoms with Crippen LogP contribution in [0.15, 0.2) is 24.8 Å². The molecule has 13 heavy (non-hydrogen) atoms. The maximum absolute atomic E-state index is 9.48. The van der Waals surface area contributed by atoms with Crippen molar-refractivity contribution in [2.75, 3.05) is 0 Å². The van der Waals surface area contributed by atoms with E-state index in [1.807, 2.05) is 0 Å². The molecule has 1 atom stereocenters. The third-order valence-electron chi connectivity index (χ3n) is 1.96. The summed E-state index contributed by atoms with van der Waals surface area (Å²) in [7, 11) is 0. The number of hydrogen-bond acceptors (Lipinski definition) is 3. The average molecular weight is 179 g/mol. The Morgan fingerprint density at radius 3 is 2.54 bits per heavy atom. The van der Waals surface area contributed by atoms with E-state index in [1.54, 1.807) is 6.92 Å². The molecule has 3 heteroatoms. The summed E-state index contributed by atoms with van der Waals surface area (Å²) in [6.07, 6.45) is 1.50. The lowest BCUT2D eigenvalue weighted by Gasteiger charge is -2.10. The monoisotopic (exact) mass is 179 g/mol. The molecule has 1 aromatic rings. The lowest BCUT2D eigenvalue weighted by atomic mass is 10.0. The molecule has 0 aromatic heterocycles. The second kappa shape index (κ2) is 3.49. The number of aryl methyl sites for hydroxylation is 1. The third-order valence-corrected chi connectivity index (χ3v) is 1.96. The zero-order chi connectivity index (χ0) is 10.0. The van der Waals surface area contributed by atoms with Crippen LogP contribution in [0.25, 0.3) is 0 Å². The highest BCUT2D eigenvalue weighted by molar-refractivity contribution is 5.46. The van der Waals surface area contributed by atoms with Crippen LogP contribution in [0, 0.1) is 6.92 Å². The normalized spacial score (nSPS) is 12.5. The van der Waals surface area contributed by atoms with Crippen LogP contribution in [0.5, 0.6) is 11.5 Å². The molecule has 0 aliphatic carbocycles. The molecule has 0 fully saturated rings. The molecule has 4 N–H and O–H groups in total. The zero-order valence-electron chi connectivity index (χ0n) is 7.49. The van der Waals surface area contributed by atoms with Crippen molar-refractivity contribution < 1.29 is 10.2 Å². The average Bonchev–Trinajstić information content (AvgIpc) is 2.10. The molecule has 0 aliphatic heterocycles. The SMILES string of the molecule is C=CC(N)c1cc(O)c(C)cc1O. The van der Waals surface area contributed by atoms with Crippen molar-refractivity contribution >= 4 is 0 Å². The molecule has 3 nitrogen and oxygen atoms in total. The highest BCUT2D eigenvalue weighted by Crippen LogP contribution is 2.30. The van der Waals surface area contributed by atoms with Crippen molar-refractivity contribution in [2.45, 2.75) is 13.0 Å². The number of aromatic hydroxyl groups is 2. The van der Waals surface area contributed by atoms with E-state index in [9.17, 15) is 10.2 Å². The minimum absolute atomic E-state index is 0.0858. The number of nitrogens with two attached hydrogens (primary N) is 1. The van der Waals surface area contributed by atoms with Gasteiger partial charge in [-0.15, -0.1) is 6.58 Å². The minimum Gasteiger partial charge on any atom is -0.508 e. The van der Waals surface area contributed by atoms with E-state index in [0.29, 0.717) is 11.1 Å². The Labute approximate surface area is 77.1 Å². The maximum Gasteiger partial charge on any atom is 0.121 e. The van der Waals surface area contributed by atoms with Gasteiger partial charge in [0.15, 0.2) is 0 Å². The Kier molecular flexibility index (Phi) is 2.58. The lowest BCUT2D eigenvalue weighted by Crippen LogP contribution is -2.06. The van der Waals surface area contributed by atoms with E-state index in [2.05, 4.69) is 6.58 Å². The van der Waals surface area contributed by atoms with E-state index < -0.39 is 6.04 Å². The fraction of sp³-hybridized carbons (Fsp3) is 0.200. The molecule has 0 spiro atoms. The summed E-state index contributed by atoms with van der Waals surface area (Å²) in [5, 5.41) is 18.8.